The molecule has 170 valence electrons. The molecule has 1 aliphatic rings. The van der Waals surface area contributed by atoms with E-state index >= 15 is 0 Å². The minimum atomic E-state index is -0.325. The number of nitrogens with one attached hydrogen (secondary N) is 2. The fourth-order valence-corrected chi connectivity index (χ4v) is 3.90. The highest BCUT2D eigenvalue weighted by Gasteiger charge is 2.35. The third kappa shape index (κ3) is 5.25. The first kappa shape index (κ1) is 23.2. The first-order valence-electron chi connectivity index (χ1n) is 10.6. The number of nitrogens with zero attached hydrogens (tertiary/aromatic N) is 5. The van der Waals surface area contributed by atoms with Crippen LogP contribution in [0.15, 0.2) is 35.6 Å². The molecule has 1 heterocycles. The first-order chi connectivity index (χ1) is 15.2. The van der Waals surface area contributed by atoms with Crippen LogP contribution in [0.2, 0.25) is 0 Å². The normalized spacial score (nSPS) is 20.3. The van der Waals surface area contributed by atoms with Crippen LogP contribution in [0.4, 0.5) is 17.5 Å². The van der Waals surface area contributed by atoms with Gasteiger partial charge in [0.25, 0.3) is 0 Å². The number of hydrazine groups is 1. The van der Waals surface area contributed by atoms with Crippen molar-refractivity contribution >= 4 is 23.3 Å². The van der Waals surface area contributed by atoms with E-state index < -0.39 is 0 Å². The fourth-order valence-electron chi connectivity index (χ4n) is 3.90. The Morgan fingerprint density at radius 1 is 1.38 bits per heavy atom. The van der Waals surface area contributed by atoms with Crippen LogP contribution in [0.5, 0.6) is 0 Å². The van der Waals surface area contributed by atoms with Gasteiger partial charge in [-0.25, -0.2) is 10.8 Å². The number of nitrogens with two attached hydrogens (primary N) is 2. The van der Waals surface area contributed by atoms with Crippen molar-refractivity contribution in [3.63, 3.8) is 0 Å². The molecule has 0 aliphatic heterocycles. The third-order valence-corrected chi connectivity index (χ3v) is 5.94. The first-order valence-corrected chi connectivity index (χ1v) is 10.6. The van der Waals surface area contributed by atoms with Crippen LogP contribution in [0.25, 0.3) is 0 Å². The fraction of sp³-hybridized carbons (Fsp3) is 0.455. The van der Waals surface area contributed by atoms with E-state index in [1.165, 1.54) is 11.2 Å². The van der Waals surface area contributed by atoms with Gasteiger partial charge in [0.15, 0.2) is 0 Å². The average molecular weight is 438 g/mol. The number of benzene rings is 1. The lowest BCUT2D eigenvalue weighted by Crippen LogP contribution is -2.41. The number of hydrogen-bond donors (Lipinski definition) is 5. The van der Waals surface area contributed by atoms with Crippen molar-refractivity contribution in [2.24, 2.45) is 22.2 Å². The minimum Gasteiger partial charge on any atom is -0.393 e. The molecule has 0 amide bonds. The van der Waals surface area contributed by atoms with Crippen LogP contribution >= 0.6 is 0 Å². The van der Waals surface area contributed by atoms with E-state index in [1.807, 2.05) is 24.3 Å². The zero-order valence-corrected chi connectivity index (χ0v) is 18.7. The predicted octanol–water partition coefficient (Wildman–Crippen LogP) is 2.28. The number of anilines is 3. The summed E-state index contributed by atoms with van der Waals surface area (Å²) in [5.74, 6) is 12.8. The van der Waals surface area contributed by atoms with E-state index in [4.69, 9.17) is 11.7 Å². The molecule has 0 radical (unpaired) electrons. The second-order valence-corrected chi connectivity index (χ2v) is 8.72. The summed E-state index contributed by atoms with van der Waals surface area (Å²) >= 11 is 0. The predicted molar refractivity (Wildman–Crippen MR) is 126 cm³/mol. The molecule has 0 spiro atoms. The maximum Gasteiger partial charge on any atom is 0.224 e. The standard InChI is InChI=1S/C22H31N9O/c1-14(30-24)31(25)18-7-5-4-6-15(18)12-26-21-27-13-16(11-23)20(29-21)28-17-8-9-19(32)22(2,3)10-17/h4-7,13,17,19,32H,8-10,12,24-25H2,1-3H3,(H2,26,27,28,29)/b30-14-. The number of hydrazone groups is 1. The molecule has 2 unspecified atom stereocenters. The molecule has 0 bridgehead atoms. The number of hydrogen-bond acceptors (Lipinski definition) is 9. The molecule has 2 atom stereocenters. The van der Waals surface area contributed by atoms with Crippen molar-refractivity contribution in [1.29, 1.82) is 5.26 Å². The smallest absolute Gasteiger partial charge is 0.224 e. The molecule has 7 N–H and O–H groups in total. The van der Waals surface area contributed by atoms with E-state index in [2.05, 4.69) is 45.6 Å². The van der Waals surface area contributed by atoms with Gasteiger partial charge in [0.2, 0.25) is 5.95 Å². The molecule has 10 heteroatoms. The number of aliphatic hydroxyl groups excluding tert-OH is 1. The summed E-state index contributed by atoms with van der Waals surface area (Å²) in [5.41, 5.74) is 1.84. The number of aromatic nitrogens is 2. The van der Waals surface area contributed by atoms with E-state index in [9.17, 15) is 10.4 Å². The Morgan fingerprint density at radius 3 is 2.81 bits per heavy atom. The van der Waals surface area contributed by atoms with Gasteiger partial charge in [-0.05, 0) is 43.2 Å². The summed E-state index contributed by atoms with van der Waals surface area (Å²) in [7, 11) is 0. The molecular weight excluding hydrogens is 406 g/mol. The van der Waals surface area contributed by atoms with Crippen LogP contribution in [0.1, 0.15) is 51.2 Å². The molecular formula is C22H31N9O. The largest absolute Gasteiger partial charge is 0.393 e. The van der Waals surface area contributed by atoms with E-state index in [1.54, 1.807) is 6.92 Å². The number of nitriles is 1. The second kappa shape index (κ2) is 9.80. The Hall–Kier alpha value is -3.42. The summed E-state index contributed by atoms with van der Waals surface area (Å²) in [6, 6.07) is 9.86. The van der Waals surface area contributed by atoms with Gasteiger partial charge in [-0.15, -0.1) is 0 Å². The van der Waals surface area contributed by atoms with Gasteiger partial charge < -0.3 is 21.6 Å². The Bertz CT molecular complexity index is 1010. The monoisotopic (exact) mass is 437 g/mol. The number of aliphatic hydroxyl groups is 1. The summed E-state index contributed by atoms with van der Waals surface area (Å²) in [6.07, 6.45) is 3.49. The van der Waals surface area contributed by atoms with Gasteiger partial charge in [0, 0.05) is 12.6 Å². The highest BCUT2D eigenvalue weighted by Crippen LogP contribution is 2.37. The van der Waals surface area contributed by atoms with Crippen molar-refractivity contribution in [2.75, 3.05) is 15.6 Å². The summed E-state index contributed by atoms with van der Waals surface area (Å²) < 4.78 is 0. The molecule has 0 saturated heterocycles. The van der Waals surface area contributed by atoms with Crippen molar-refractivity contribution in [1.82, 2.24) is 9.97 Å². The Kier molecular flexibility index (Phi) is 7.12. The molecule has 2 aromatic rings. The lowest BCUT2D eigenvalue weighted by atomic mass is 9.73. The summed E-state index contributed by atoms with van der Waals surface area (Å²) in [6.45, 7) is 6.24. The molecule has 3 rings (SSSR count). The minimum absolute atomic E-state index is 0.119. The molecule has 1 aliphatic carbocycles. The second-order valence-electron chi connectivity index (χ2n) is 8.72. The van der Waals surface area contributed by atoms with E-state index in [0.717, 1.165) is 24.1 Å². The van der Waals surface area contributed by atoms with Crippen LogP contribution in [0, 0.1) is 16.7 Å². The molecule has 10 nitrogen and oxygen atoms in total. The van der Waals surface area contributed by atoms with Gasteiger partial charge in [-0.3, -0.25) is 5.01 Å². The maximum absolute atomic E-state index is 10.2. The SMILES string of the molecule is C/C(=N/N)N(N)c1ccccc1CNc1ncc(C#N)c(NC2CCC(O)C(C)(C)C2)n1. The summed E-state index contributed by atoms with van der Waals surface area (Å²) in [4.78, 5) is 8.81. The average Bonchev–Trinajstić information content (AvgIpc) is 2.79. The zero-order valence-electron chi connectivity index (χ0n) is 18.7. The van der Waals surface area contributed by atoms with Gasteiger partial charge in [-0.2, -0.15) is 15.3 Å². The zero-order chi connectivity index (χ0) is 23.3. The van der Waals surface area contributed by atoms with Crippen LogP contribution in [0.3, 0.4) is 0 Å². The summed E-state index contributed by atoms with van der Waals surface area (Å²) in [5, 5.41) is 31.4. The van der Waals surface area contributed by atoms with Crippen LogP contribution in [-0.2, 0) is 6.54 Å². The van der Waals surface area contributed by atoms with Crippen LogP contribution < -0.4 is 27.3 Å². The third-order valence-electron chi connectivity index (χ3n) is 5.94. The van der Waals surface area contributed by atoms with E-state index in [0.29, 0.717) is 36.1 Å². The number of para-hydroxylation sites is 1. The lowest BCUT2D eigenvalue weighted by molar-refractivity contribution is 0.00926. The van der Waals surface area contributed by atoms with Gasteiger partial charge in [0.1, 0.15) is 23.3 Å². The number of amidine groups is 1. The quantitative estimate of drug-likeness (QED) is 0.197. The van der Waals surface area contributed by atoms with Crippen molar-refractivity contribution in [3.05, 3.63) is 41.6 Å². The van der Waals surface area contributed by atoms with Gasteiger partial charge >= 0.3 is 0 Å². The van der Waals surface area contributed by atoms with Crippen molar-refractivity contribution < 1.29 is 5.11 Å². The lowest BCUT2D eigenvalue weighted by Gasteiger charge is -2.40. The molecule has 1 aromatic heterocycles. The number of rotatable bonds is 6. The molecule has 32 heavy (non-hydrogen) atoms. The van der Waals surface area contributed by atoms with Gasteiger partial charge in [-0.1, -0.05) is 32.0 Å². The maximum atomic E-state index is 10.2. The van der Waals surface area contributed by atoms with E-state index in [-0.39, 0.29) is 17.6 Å². The van der Waals surface area contributed by atoms with Crippen molar-refractivity contribution in [2.45, 2.75) is 58.7 Å². The van der Waals surface area contributed by atoms with Crippen molar-refractivity contribution in [3.8, 4) is 6.07 Å². The van der Waals surface area contributed by atoms with Crippen LogP contribution in [-0.4, -0.2) is 33.1 Å². The highest BCUT2D eigenvalue weighted by atomic mass is 16.3. The Morgan fingerprint density at radius 2 is 2.12 bits per heavy atom. The molecule has 1 aromatic carbocycles. The topological polar surface area (TPSA) is 162 Å². The Balaban J connectivity index is 1.75. The highest BCUT2D eigenvalue weighted by molar-refractivity contribution is 5.95. The Labute approximate surface area is 188 Å². The van der Waals surface area contributed by atoms with Gasteiger partial charge in [0.05, 0.1) is 18.0 Å². The molecule has 1 fully saturated rings. The molecule has 1 saturated carbocycles.